The lowest BCUT2D eigenvalue weighted by Gasteiger charge is -2.15. The Hall–Kier alpha value is -2.95. The number of hydrogen-bond acceptors (Lipinski definition) is 4. The quantitative estimate of drug-likeness (QED) is 0.405. The van der Waals surface area contributed by atoms with Gasteiger partial charge in [-0.3, -0.25) is 0 Å². The third-order valence-electron chi connectivity index (χ3n) is 3.47. The zero-order valence-corrected chi connectivity index (χ0v) is 14.4. The minimum absolute atomic E-state index is 0.0162. The van der Waals surface area contributed by atoms with Gasteiger partial charge in [-0.15, -0.1) is 0 Å². The Bertz CT molecular complexity index is 736. The van der Waals surface area contributed by atoms with Gasteiger partial charge in [-0.25, -0.2) is 4.79 Å². The van der Waals surface area contributed by atoms with Crippen LogP contribution in [-0.2, 0) is 9.53 Å². The van der Waals surface area contributed by atoms with Crippen LogP contribution in [0.1, 0.15) is 25.3 Å². The van der Waals surface area contributed by atoms with Gasteiger partial charge < -0.3 is 19.3 Å². The summed E-state index contributed by atoms with van der Waals surface area (Å²) in [5.74, 6) is 0.483. The average molecular weight is 342 g/mol. The summed E-state index contributed by atoms with van der Waals surface area (Å²) in [5, 5.41) is 9.42. The topological polar surface area (TPSA) is 65.0 Å². The summed E-state index contributed by atoms with van der Waals surface area (Å²) in [5.41, 5.74) is 0.447. The van der Waals surface area contributed by atoms with Crippen LogP contribution < -0.4 is 9.47 Å². The van der Waals surface area contributed by atoms with Gasteiger partial charge >= 0.3 is 5.97 Å². The fourth-order valence-electron chi connectivity index (χ4n) is 2.22. The monoisotopic (exact) mass is 342 g/mol. The van der Waals surface area contributed by atoms with Crippen molar-refractivity contribution >= 4 is 11.5 Å². The van der Waals surface area contributed by atoms with E-state index in [4.69, 9.17) is 14.2 Å². The first-order valence-electron chi connectivity index (χ1n) is 8.12. The molecule has 5 nitrogen and oxygen atoms in total. The van der Waals surface area contributed by atoms with E-state index in [0.717, 1.165) is 12.8 Å². The van der Waals surface area contributed by atoms with E-state index in [1.807, 2.05) is 18.2 Å². The molecule has 0 spiro atoms. The summed E-state index contributed by atoms with van der Waals surface area (Å²) in [7, 11) is 1.41. The lowest BCUT2D eigenvalue weighted by atomic mass is 10.1. The number of aliphatic carboxylic acids is 1. The van der Waals surface area contributed by atoms with Gasteiger partial charge in [0.1, 0.15) is 11.3 Å². The average Bonchev–Trinajstić information content (AvgIpc) is 2.62. The Morgan fingerprint density at radius 1 is 1.04 bits per heavy atom. The van der Waals surface area contributed by atoms with Crippen LogP contribution in [0.15, 0.2) is 54.8 Å². The van der Waals surface area contributed by atoms with E-state index in [2.05, 4.69) is 6.92 Å². The van der Waals surface area contributed by atoms with Crippen molar-refractivity contribution in [1.82, 2.24) is 0 Å². The maximum Gasteiger partial charge on any atom is 0.339 e. The molecule has 0 aliphatic carbocycles. The molecule has 132 valence electrons. The first-order valence-corrected chi connectivity index (χ1v) is 8.12. The SMILES string of the molecule is CCCCOc1ccccc1Oc1ccccc1/C(=C\OC)C(=O)O. The van der Waals surface area contributed by atoms with Crippen LogP contribution in [-0.4, -0.2) is 24.8 Å². The van der Waals surface area contributed by atoms with Gasteiger partial charge in [0.15, 0.2) is 11.5 Å². The molecule has 0 aromatic heterocycles. The molecular weight excluding hydrogens is 320 g/mol. The van der Waals surface area contributed by atoms with E-state index < -0.39 is 5.97 Å². The van der Waals surface area contributed by atoms with Crippen molar-refractivity contribution in [1.29, 1.82) is 0 Å². The Morgan fingerprint density at radius 3 is 2.32 bits per heavy atom. The molecule has 0 amide bonds. The third-order valence-corrected chi connectivity index (χ3v) is 3.47. The van der Waals surface area contributed by atoms with Gasteiger partial charge in [-0.05, 0) is 24.6 Å². The van der Waals surface area contributed by atoms with E-state index in [0.29, 0.717) is 29.4 Å². The van der Waals surface area contributed by atoms with Gasteiger partial charge in [-0.1, -0.05) is 43.7 Å². The minimum Gasteiger partial charge on any atom is -0.503 e. The second-order valence-electron chi connectivity index (χ2n) is 5.32. The van der Waals surface area contributed by atoms with E-state index in [9.17, 15) is 9.90 Å². The molecule has 0 unspecified atom stereocenters. The molecule has 0 saturated heterocycles. The summed E-state index contributed by atoms with van der Waals surface area (Å²) in [4.78, 5) is 11.5. The van der Waals surface area contributed by atoms with Gasteiger partial charge in [0, 0.05) is 5.56 Å². The number of benzene rings is 2. The molecule has 0 atom stereocenters. The number of hydrogen-bond donors (Lipinski definition) is 1. The summed E-state index contributed by atoms with van der Waals surface area (Å²) in [6, 6.07) is 14.2. The van der Waals surface area contributed by atoms with Crippen LogP contribution >= 0.6 is 0 Å². The maximum atomic E-state index is 11.5. The number of carbonyl (C=O) groups is 1. The second kappa shape index (κ2) is 9.37. The molecule has 0 aliphatic rings. The first kappa shape index (κ1) is 18.4. The van der Waals surface area contributed by atoms with Gasteiger partial charge in [-0.2, -0.15) is 0 Å². The Balaban J connectivity index is 2.33. The van der Waals surface area contributed by atoms with Crippen molar-refractivity contribution < 1.29 is 24.1 Å². The van der Waals surface area contributed by atoms with Crippen molar-refractivity contribution in [3.8, 4) is 17.2 Å². The van der Waals surface area contributed by atoms with Crippen LogP contribution in [0.4, 0.5) is 0 Å². The smallest absolute Gasteiger partial charge is 0.339 e. The van der Waals surface area contributed by atoms with Crippen LogP contribution in [0.3, 0.4) is 0 Å². The highest BCUT2D eigenvalue weighted by Gasteiger charge is 2.17. The van der Waals surface area contributed by atoms with Crippen molar-refractivity contribution in [3.05, 3.63) is 60.4 Å². The number of methoxy groups -OCH3 is 1. The molecule has 1 N–H and O–H groups in total. The normalized spacial score (nSPS) is 11.0. The number of rotatable bonds is 9. The standard InChI is InChI=1S/C20H22O5/c1-3-4-13-24-18-11-7-8-12-19(18)25-17-10-6-5-9-15(17)16(14-23-2)20(21)22/h5-12,14H,3-4,13H2,1-2H3,(H,21,22)/b16-14+. The second-order valence-corrected chi connectivity index (χ2v) is 5.32. The number of carboxylic acids is 1. The molecule has 25 heavy (non-hydrogen) atoms. The summed E-state index contributed by atoms with van der Waals surface area (Å²) in [6.45, 7) is 2.69. The Morgan fingerprint density at radius 2 is 1.68 bits per heavy atom. The van der Waals surface area contributed by atoms with Gasteiger partial charge in [0.05, 0.1) is 20.0 Å². The molecule has 0 aliphatic heterocycles. The van der Waals surface area contributed by atoms with Crippen LogP contribution in [0.5, 0.6) is 17.2 Å². The molecule has 0 radical (unpaired) electrons. The summed E-state index contributed by atoms with van der Waals surface area (Å²) >= 11 is 0. The molecule has 0 fully saturated rings. The molecule has 5 heteroatoms. The number of ether oxygens (including phenoxy) is 3. The summed E-state index contributed by atoms with van der Waals surface area (Å²) in [6.07, 6.45) is 3.18. The molecule has 2 aromatic carbocycles. The molecular formula is C20H22O5. The van der Waals surface area contributed by atoms with Crippen molar-refractivity contribution in [3.63, 3.8) is 0 Å². The third kappa shape index (κ3) is 5.01. The lowest BCUT2D eigenvalue weighted by Crippen LogP contribution is -2.03. The molecule has 2 aromatic rings. The van der Waals surface area contributed by atoms with Crippen LogP contribution in [0.25, 0.3) is 5.57 Å². The highest BCUT2D eigenvalue weighted by atomic mass is 16.5. The molecule has 0 heterocycles. The van der Waals surface area contributed by atoms with Gasteiger partial charge in [0.25, 0.3) is 0 Å². The Kier molecular flexibility index (Phi) is 6.89. The molecule has 0 saturated carbocycles. The number of unbranched alkanes of at least 4 members (excludes halogenated alkanes) is 1. The van der Waals surface area contributed by atoms with E-state index in [1.54, 1.807) is 30.3 Å². The van der Waals surface area contributed by atoms with Crippen molar-refractivity contribution in [2.45, 2.75) is 19.8 Å². The largest absolute Gasteiger partial charge is 0.503 e. The molecule has 0 bridgehead atoms. The zero-order chi connectivity index (χ0) is 18.1. The molecule has 2 rings (SSSR count). The van der Waals surface area contributed by atoms with E-state index >= 15 is 0 Å². The highest BCUT2D eigenvalue weighted by molar-refractivity contribution is 6.15. The minimum atomic E-state index is -1.09. The zero-order valence-electron chi connectivity index (χ0n) is 14.4. The van der Waals surface area contributed by atoms with Crippen molar-refractivity contribution in [2.75, 3.05) is 13.7 Å². The summed E-state index contributed by atoms with van der Waals surface area (Å²) < 4.78 is 16.6. The Labute approximate surface area is 147 Å². The van der Waals surface area contributed by atoms with E-state index in [-0.39, 0.29) is 5.57 Å². The predicted octanol–water partition coefficient (Wildman–Crippen LogP) is 4.73. The number of carboxylic acid groups (broad SMARTS) is 1. The lowest BCUT2D eigenvalue weighted by molar-refractivity contribution is -0.130. The maximum absolute atomic E-state index is 11.5. The fourth-order valence-corrected chi connectivity index (χ4v) is 2.22. The van der Waals surface area contributed by atoms with Crippen molar-refractivity contribution in [2.24, 2.45) is 0 Å². The predicted molar refractivity (Wildman–Crippen MR) is 96.0 cm³/mol. The van der Waals surface area contributed by atoms with E-state index in [1.165, 1.54) is 13.4 Å². The van der Waals surface area contributed by atoms with Gasteiger partial charge in [0.2, 0.25) is 0 Å². The first-order chi connectivity index (χ1) is 12.2. The fraction of sp³-hybridized carbons (Fsp3) is 0.250. The van der Waals surface area contributed by atoms with Crippen LogP contribution in [0, 0.1) is 0 Å². The van der Waals surface area contributed by atoms with Crippen LogP contribution in [0.2, 0.25) is 0 Å². The number of para-hydroxylation sites is 3. The highest BCUT2D eigenvalue weighted by Crippen LogP contribution is 2.35.